The van der Waals surface area contributed by atoms with Crippen LogP contribution < -0.4 is 20.2 Å². The van der Waals surface area contributed by atoms with Crippen LogP contribution in [-0.2, 0) is 21.8 Å². The molecule has 0 aliphatic carbocycles. The summed E-state index contributed by atoms with van der Waals surface area (Å²) < 4.78 is 24.5. The summed E-state index contributed by atoms with van der Waals surface area (Å²) in [6, 6.07) is 29.7. The van der Waals surface area contributed by atoms with E-state index in [1.165, 1.54) is 0 Å². The van der Waals surface area contributed by atoms with Gasteiger partial charge < -0.3 is 28.6 Å². The number of fused-ring (bicyclic) bond motifs is 1. The molecule has 0 bridgehead atoms. The molecule has 0 spiro atoms. The number of anilines is 2. The third kappa shape index (κ3) is 7.14. The molecule has 6 aromatic rings. The highest BCUT2D eigenvalue weighted by Gasteiger charge is 2.45. The number of para-hydroxylation sites is 2. The Balaban J connectivity index is 0.872. The fourth-order valence-electron chi connectivity index (χ4n) is 7.07. The lowest BCUT2D eigenvalue weighted by atomic mass is 10.1. The lowest BCUT2D eigenvalue weighted by molar-refractivity contribution is -0.188. The quantitative estimate of drug-likeness (QED) is 0.136. The molecule has 8 rings (SSSR count). The smallest absolute Gasteiger partial charge is 0.350 e. The van der Waals surface area contributed by atoms with Gasteiger partial charge >= 0.3 is 5.69 Å². The van der Waals surface area contributed by atoms with Gasteiger partial charge in [0.1, 0.15) is 24.8 Å². The molecule has 2 aliphatic rings. The van der Waals surface area contributed by atoms with E-state index in [2.05, 4.69) is 51.1 Å². The molecule has 0 radical (unpaired) electrons. The van der Waals surface area contributed by atoms with Crippen LogP contribution in [0.3, 0.4) is 0 Å². The van der Waals surface area contributed by atoms with Crippen molar-refractivity contribution in [2.24, 2.45) is 0 Å². The lowest BCUT2D eigenvalue weighted by Gasteiger charge is -2.37. The molecule has 4 heterocycles. The average molecular weight is 755 g/mol. The van der Waals surface area contributed by atoms with Crippen LogP contribution in [0.4, 0.5) is 11.4 Å². The molecule has 0 amide bonds. The number of hydrogen-bond acceptors (Lipinski definition) is 8. The van der Waals surface area contributed by atoms with Gasteiger partial charge in [0.2, 0.25) is 5.79 Å². The van der Waals surface area contributed by atoms with Crippen LogP contribution in [-0.4, -0.2) is 69.4 Å². The number of hydrogen-bond donors (Lipinski definition) is 0. The van der Waals surface area contributed by atoms with Gasteiger partial charge in [-0.25, -0.2) is 19.0 Å². The number of benzene rings is 4. The molecule has 4 aromatic carbocycles. The molecule has 274 valence electrons. The zero-order valence-electron chi connectivity index (χ0n) is 29.6. The van der Waals surface area contributed by atoms with Crippen molar-refractivity contribution in [1.82, 2.24) is 23.9 Å². The molecule has 0 saturated carbocycles. The molecular formula is C40H41Cl2N7O4. The maximum absolute atomic E-state index is 12.8. The molecule has 2 aliphatic heterocycles. The maximum atomic E-state index is 12.8. The molecule has 2 fully saturated rings. The number of piperazine rings is 1. The highest BCUT2D eigenvalue weighted by molar-refractivity contribution is 6.35. The number of nitrogens with zero attached hydrogens (tertiary/aromatic N) is 7. The van der Waals surface area contributed by atoms with Gasteiger partial charge in [0.05, 0.1) is 47.3 Å². The third-order valence-electron chi connectivity index (χ3n) is 10.2. The summed E-state index contributed by atoms with van der Waals surface area (Å²) in [4.78, 5) is 22.1. The van der Waals surface area contributed by atoms with Gasteiger partial charge in [0.25, 0.3) is 0 Å². The SMILES string of the molecule is CCC(C)n1ncn(-c2ccc(N3CCN(c4ccc(OCC5COC(Cn6cnc7ccccc76)(c6ccc(Cl)cc6Cl)O5)cc4)CC3)cc2)c1=O. The molecule has 2 aromatic heterocycles. The number of ether oxygens (including phenoxy) is 3. The zero-order valence-corrected chi connectivity index (χ0v) is 31.2. The maximum Gasteiger partial charge on any atom is 0.350 e. The minimum absolute atomic E-state index is 0.0634. The summed E-state index contributed by atoms with van der Waals surface area (Å²) >= 11 is 13.0. The van der Waals surface area contributed by atoms with Gasteiger partial charge in [-0.3, -0.25) is 0 Å². The summed E-state index contributed by atoms with van der Waals surface area (Å²) in [5.41, 5.74) is 5.55. The van der Waals surface area contributed by atoms with E-state index in [0.29, 0.717) is 35.4 Å². The molecule has 53 heavy (non-hydrogen) atoms. The first-order valence-corrected chi connectivity index (χ1v) is 18.7. The third-order valence-corrected chi connectivity index (χ3v) is 10.8. The highest BCUT2D eigenvalue weighted by atomic mass is 35.5. The van der Waals surface area contributed by atoms with Crippen LogP contribution in [0.25, 0.3) is 16.7 Å². The molecule has 3 unspecified atom stereocenters. The number of rotatable bonds is 11. The molecule has 0 N–H and O–H groups in total. The highest BCUT2D eigenvalue weighted by Crippen LogP contribution is 2.41. The summed E-state index contributed by atoms with van der Waals surface area (Å²) in [6.45, 7) is 8.59. The summed E-state index contributed by atoms with van der Waals surface area (Å²) in [7, 11) is 0. The van der Waals surface area contributed by atoms with Crippen molar-refractivity contribution in [3.05, 3.63) is 130 Å². The van der Waals surface area contributed by atoms with Crippen molar-refractivity contribution in [3.63, 3.8) is 0 Å². The van der Waals surface area contributed by atoms with Crippen LogP contribution in [0.5, 0.6) is 5.75 Å². The van der Waals surface area contributed by atoms with Gasteiger partial charge in [-0.05, 0) is 86.1 Å². The van der Waals surface area contributed by atoms with E-state index in [1.807, 2.05) is 66.1 Å². The van der Waals surface area contributed by atoms with E-state index in [9.17, 15) is 4.79 Å². The first kappa shape index (κ1) is 35.2. The van der Waals surface area contributed by atoms with Crippen LogP contribution in [0, 0.1) is 0 Å². The van der Waals surface area contributed by atoms with Crippen molar-refractivity contribution in [2.75, 3.05) is 49.2 Å². The topological polar surface area (TPSA) is 91.8 Å². The van der Waals surface area contributed by atoms with E-state index in [0.717, 1.165) is 66.4 Å². The first-order chi connectivity index (χ1) is 25.8. The molecule has 2 saturated heterocycles. The number of halogens is 2. The second-order valence-electron chi connectivity index (χ2n) is 13.6. The predicted molar refractivity (Wildman–Crippen MR) is 208 cm³/mol. The minimum atomic E-state index is -1.15. The lowest BCUT2D eigenvalue weighted by Crippen LogP contribution is -2.46. The normalized spacial score (nSPS) is 19.6. The molecule has 13 heteroatoms. The van der Waals surface area contributed by atoms with Crippen LogP contribution in [0.1, 0.15) is 31.9 Å². The Bertz CT molecular complexity index is 2250. The van der Waals surface area contributed by atoms with Gasteiger partial charge in [-0.1, -0.05) is 48.3 Å². The Hall–Kier alpha value is -4.81. The Morgan fingerprint density at radius 2 is 1.57 bits per heavy atom. The van der Waals surface area contributed by atoms with Crippen LogP contribution in [0.2, 0.25) is 10.0 Å². The van der Waals surface area contributed by atoms with Gasteiger partial charge in [0.15, 0.2) is 0 Å². The summed E-state index contributed by atoms with van der Waals surface area (Å²) in [6.07, 6.45) is 3.91. The van der Waals surface area contributed by atoms with E-state index >= 15 is 0 Å². The Morgan fingerprint density at radius 3 is 2.26 bits per heavy atom. The predicted octanol–water partition coefficient (Wildman–Crippen LogP) is 7.34. The van der Waals surface area contributed by atoms with Crippen molar-refractivity contribution < 1.29 is 14.2 Å². The fraction of sp³-hybridized carbons (Fsp3) is 0.325. The van der Waals surface area contributed by atoms with Crippen molar-refractivity contribution >= 4 is 45.6 Å². The van der Waals surface area contributed by atoms with Crippen molar-refractivity contribution in [2.45, 2.75) is 44.7 Å². The molecular weight excluding hydrogens is 713 g/mol. The summed E-state index contributed by atoms with van der Waals surface area (Å²) in [5, 5.41) is 5.32. The van der Waals surface area contributed by atoms with Crippen molar-refractivity contribution in [3.8, 4) is 11.4 Å². The van der Waals surface area contributed by atoms with Crippen molar-refractivity contribution in [1.29, 1.82) is 0 Å². The molecule has 11 nitrogen and oxygen atoms in total. The number of imidazole rings is 1. The van der Waals surface area contributed by atoms with Crippen LogP contribution in [0.15, 0.2) is 108 Å². The standard InChI is InChI=1S/C40H41Cl2N7O4/c1-3-28(2)49-39(50)48(27-44-49)32-11-9-30(10-12-32)45-18-20-46(21-19-45)31-13-15-33(16-14-31)51-23-34-24-52-40(53-34,35-17-8-29(41)22-36(35)42)25-47-26-43-37-6-4-5-7-38(37)47/h4-17,22,26-28,34H,3,18-21,23-25H2,1-2H3. The fourth-order valence-corrected chi connectivity index (χ4v) is 7.63. The van der Waals surface area contributed by atoms with E-state index < -0.39 is 5.79 Å². The van der Waals surface area contributed by atoms with E-state index in [1.54, 1.807) is 34.0 Å². The largest absolute Gasteiger partial charge is 0.491 e. The van der Waals surface area contributed by atoms with E-state index in [4.69, 9.17) is 37.4 Å². The Kier molecular flexibility index (Phi) is 9.91. The van der Waals surface area contributed by atoms with Crippen LogP contribution >= 0.6 is 23.2 Å². The first-order valence-electron chi connectivity index (χ1n) is 18.0. The monoisotopic (exact) mass is 753 g/mol. The Labute approximate surface area is 317 Å². The Morgan fingerprint density at radius 1 is 0.887 bits per heavy atom. The second-order valence-corrected chi connectivity index (χ2v) is 14.4. The second kappa shape index (κ2) is 14.9. The minimum Gasteiger partial charge on any atom is -0.491 e. The average Bonchev–Trinajstić information content (AvgIpc) is 3.91. The van der Waals surface area contributed by atoms with Gasteiger partial charge in [-0.15, -0.1) is 0 Å². The number of aromatic nitrogens is 5. The summed E-state index contributed by atoms with van der Waals surface area (Å²) in [5.74, 6) is -0.392. The van der Waals surface area contributed by atoms with E-state index in [-0.39, 0.29) is 17.8 Å². The molecule has 3 atom stereocenters. The van der Waals surface area contributed by atoms with Gasteiger partial charge in [-0.2, -0.15) is 5.10 Å². The van der Waals surface area contributed by atoms with Gasteiger partial charge in [0, 0.05) is 48.1 Å². The zero-order chi connectivity index (χ0) is 36.5.